The van der Waals surface area contributed by atoms with Crippen LogP contribution in [0.1, 0.15) is 33.6 Å². The van der Waals surface area contributed by atoms with Crippen LogP contribution in [0, 0.1) is 5.82 Å². The van der Waals surface area contributed by atoms with Crippen LogP contribution in [0.5, 0.6) is 0 Å². The summed E-state index contributed by atoms with van der Waals surface area (Å²) in [6, 6.07) is 5.26. The zero-order chi connectivity index (χ0) is 20.8. The zero-order valence-corrected chi connectivity index (χ0v) is 19.7. The Labute approximate surface area is 179 Å². The summed E-state index contributed by atoms with van der Waals surface area (Å²) >= 11 is 8.30. The predicted octanol–water partition coefficient (Wildman–Crippen LogP) is 4.71. The van der Waals surface area contributed by atoms with Gasteiger partial charge in [0.2, 0.25) is 5.91 Å². The first kappa shape index (κ1) is 26.7. The number of carbonyl (C=O) groups is 1. The standard InChI is InChI=1S/C14H19FN2O2S2.C2H5ClS.C2H6/c1-10-3-8-13(14(18)16-9-20-2)17(10)21(19)12-6-4-11(15)5-7-12;1-4-2-3;1-2/h4-7,10,13H,3,8-9H2,1-2H3,(H,16,18);2H2,1H3;1-2H3. The van der Waals surface area contributed by atoms with Crippen molar-refractivity contribution in [1.82, 2.24) is 9.62 Å². The lowest BCUT2D eigenvalue weighted by Gasteiger charge is -2.26. The van der Waals surface area contributed by atoms with Crippen LogP contribution >= 0.6 is 35.1 Å². The highest BCUT2D eigenvalue weighted by molar-refractivity contribution is 7.99. The Morgan fingerprint density at radius 3 is 2.30 bits per heavy atom. The minimum Gasteiger partial charge on any atom is -0.346 e. The topological polar surface area (TPSA) is 49.4 Å². The second-order valence-electron chi connectivity index (χ2n) is 5.38. The van der Waals surface area contributed by atoms with Crippen LogP contribution in [0.3, 0.4) is 0 Å². The molecule has 1 fully saturated rings. The van der Waals surface area contributed by atoms with Gasteiger partial charge in [0.15, 0.2) is 0 Å². The molecule has 0 aromatic heterocycles. The zero-order valence-electron chi connectivity index (χ0n) is 16.5. The van der Waals surface area contributed by atoms with Gasteiger partial charge in [0.25, 0.3) is 0 Å². The molecule has 0 radical (unpaired) electrons. The van der Waals surface area contributed by atoms with Gasteiger partial charge in [-0.1, -0.05) is 13.8 Å². The highest BCUT2D eigenvalue weighted by Crippen LogP contribution is 2.28. The minimum absolute atomic E-state index is 0.0564. The average Bonchev–Trinajstić information content (AvgIpc) is 3.09. The first-order valence-electron chi connectivity index (χ1n) is 8.73. The smallest absolute Gasteiger partial charge is 0.239 e. The fourth-order valence-electron chi connectivity index (χ4n) is 2.42. The molecule has 3 atom stereocenters. The van der Waals surface area contributed by atoms with Crippen molar-refractivity contribution in [1.29, 1.82) is 0 Å². The summed E-state index contributed by atoms with van der Waals surface area (Å²) in [5.41, 5.74) is 0. The number of nitrogens with one attached hydrogen (secondary N) is 1. The highest BCUT2D eigenvalue weighted by atomic mass is 35.5. The number of halogens is 2. The lowest BCUT2D eigenvalue weighted by atomic mass is 10.2. The normalized spacial score (nSPS) is 20.0. The largest absolute Gasteiger partial charge is 0.346 e. The molecule has 156 valence electrons. The van der Waals surface area contributed by atoms with Crippen LogP contribution in [0.2, 0.25) is 0 Å². The van der Waals surface area contributed by atoms with Crippen LogP contribution in [0.25, 0.3) is 0 Å². The van der Waals surface area contributed by atoms with E-state index in [4.69, 9.17) is 11.6 Å². The summed E-state index contributed by atoms with van der Waals surface area (Å²) in [6.07, 6.45) is 5.39. The molecule has 0 bridgehead atoms. The Balaban J connectivity index is 0.000000998. The molecule has 0 aliphatic carbocycles. The van der Waals surface area contributed by atoms with Crippen molar-refractivity contribution in [2.45, 2.75) is 50.6 Å². The van der Waals surface area contributed by atoms with Gasteiger partial charge >= 0.3 is 0 Å². The van der Waals surface area contributed by atoms with Gasteiger partial charge in [0.05, 0.1) is 16.0 Å². The van der Waals surface area contributed by atoms with Crippen LogP contribution in [-0.4, -0.2) is 50.1 Å². The Morgan fingerprint density at radius 2 is 1.81 bits per heavy atom. The number of hydrogen-bond donors (Lipinski definition) is 1. The monoisotopic (exact) mass is 456 g/mol. The van der Waals surface area contributed by atoms with Gasteiger partial charge in [-0.25, -0.2) is 12.9 Å². The van der Waals surface area contributed by atoms with Gasteiger partial charge in [0.1, 0.15) is 22.8 Å². The first-order chi connectivity index (χ1) is 13.0. The molecule has 1 aliphatic heterocycles. The third-order valence-corrected chi connectivity index (χ3v) is 6.59. The molecule has 4 nitrogen and oxygen atoms in total. The van der Waals surface area contributed by atoms with Crippen molar-refractivity contribution in [2.75, 3.05) is 23.6 Å². The van der Waals surface area contributed by atoms with Crippen molar-refractivity contribution < 1.29 is 13.4 Å². The summed E-state index contributed by atoms with van der Waals surface area (Å²) in [7, 11) is -1.45. The average molecular weight is 457 g/mol. The number of thioether (sulfide) groups is 2. The number of amides is 1. The second-order valence-corrected chi connectivity index (χ2v) is 9.08. The maximum absolute atomic E-state index is 13.0. The fourth-order valence-corrected chi connectivity index (χ4v) is 4.18. The second kappa shape index (κ2) is 15.6. The molecule has 0 spiro atoms. The molecular weight excluding hydrogens is 427 g/mol. The van der Waals surface area contributed by atoms with Crippen molar-refractivity contribution in [3.8, 4) is 0 Å². The molecule has 2 rings (SSSR count). The number of hydrogen-bond acceptors (Lipinski definition) is 4. The molecule has 1 heterocycles. The van der Waals surface area contributed by atoms with E-state index in [9.17, 15) is 13.4 Å². The molecular formula is C18H30ClFN2O2S3. The maximum atomic E-state index is 13.0. The molecule has 1 saturated heterocycles. The van der Waals surface area contributed by atoms with Crippen LogP contribution < -0.4 is 5.32 Å². The van der Waals surface area contributed by atoms with Crippen molar-refractivity contribution in [3.05, 3.63) is 30.1 Å². The van der Waals surface area contributed by atoms with Crippen molar-refractivity contribution >= 4 is 52.0 Å². The Hall–Kier alpha value is -0.280. The molecule has 1 aromatic rings. The minimum atomic E-state index is -1.45. The third kappa shape index (κ3) is 9.17. The van der Waals surface area contributed by atoms with E-state index < -0.39 is 17.0 Å². The molecule has 0 saturated carbocycles. The molecule has 3 unspecified atom stereocenters. The number of rotatable bonds is 6. The summed E-state index contributed by atoms with van der Waals surface area (Å²) in [6.45, 7) is 5.96. The van der Waals surface area contributed by atoms with E-state index in [0.29, 0.717) is 22.4 Å². The van der Waals surface area contributed by atoms with Crippen molar-refractivity contribution in [3.63, 3.8) is 0 Å². The Kier molecular flexibility index (Phi) is 15.5. The van der Waals surface area contributed by atoms with Gasteiger partial charge in [-0.15, -0.1) is 35.1 Å². The molecule has 1 N–H and O–H groups in total. The molecule has 27 heavy (non-hydrogen) atoms. The van der Waals surface area contributed by atoms with Gasteiger partial charge in [-0.2, -0.15) is 0 Å². The number of alkyl halides is 1. The maximum Gasteiger partial charge on any atom is 0.239 e. The fraction of sp³-hybridized carbons (Fsp3) is 0.611. The van der Waals surface area contributed by atoms with Gasteiger partial charge in [-0.3, -0.25) is 4.79 Å². The van der Waals surface area contributed by atoms with E-state index >= 15 is 0 Å². The quantitative estimate of drug-likeness (QED) is 0.497. The first-order valence-corrected chi connectivity index (χ1v) is 13.2. The number of carbonyl (C=O) groups excluding carboxylic acids is 1. The van der Waals surface area contributed by atoms with Crippen molar-refractivity contribution in [2.24, 2.45) is 0 Å². The van der Waals surface area contributed by atoms with Gasteiger partial charge in [-0.05, 0) is 56.5 Å². The van der Waals surface area contributed by atoms with Crippen LogP contribution in [0.15, 0.2) is 29.2 Å². The lowest BCUT2D eigenvalue weighted by molar-refractivity contribution is -0.123. The van der Waals surface area contributed by atoms with E-state index in [1.165, 1.54) is 36.0 Å². The summed E-state index contributed by atoms with van der Waals surface area (Å²) in [4.78, 5) is 12.7. The van der Waals surface area contributed by atoms with E-state index in [2.05, 4.69) is 5.32 Å². The van der Waals surface area contributed by atoms with E-state index in [1.807, 2.05) is 33.3 Å². The van der Waals surface area contributed by atoms with Gasteiger partial charge in [0, 0.05) is 6.04 Å². The molecule has 9 heteroatoms. The highest BCUT2D eigenvalue weighted by Gasteiger charge is 2.39. The van der Waals surface area contributed by atoms with Crippen LogP contribution in [0.4, 0.5) is 4.39 Å². The molecule has 1 aromatic carbocycles. The molecule has 1 amide bonds. The van der Waals surface area contributed by atoms with Gasteiger partial charge < -0.3 is 5.32 Å². The van der Waals surface area contributed by atoms with E-state index in [1.54, 1.807) is 16.1 Å². The van der Waals surface area contributed by atoms with Crippen LogP contribution in [-0.2, 0) is 15.8 Å². The number of benzene rings is 1. The Morgan fingerprint density at radius 1 is 1.26 bits per heavy atom. The third-order valence-electron chi connectivity index (χ3n) is 3.61. The summed E-state index contributed by atoms with van der Waals surface area (Å²) < 4.78 is 27.4. The predicted molar refractivity (Wildman–Crippen MR) is 119 cm³/mol. The van der Waals surface area contributed by atoms with E-state index in [-0.39, 0.29) is 17.8 Å². The number of nitrogens with zero attached hydrogens (tertiary/aromatic N) is 1. The van der Waals surface area contributed by atoms with E-state index in [0.717, 1.165) is 6.42 Å². The molecule has 1 aliphatic rings. The summed E-state index contributed by atoms with van der Waals surface area (Å²) in [5, 5.41) is 3.54. The SMILES string of the molecule is CC.CSCCl.CSCNC(=O)C1CCC(C)N1S(=O)c1ccc(F)cc1. The summed E-state index contributed by atoms with van der Waals surface area (Å²) in [5.74, 6) is 0.0874. The lowest BCUT2D eigenvalue weighted by Crippen LogP contribution is -2.46. The Bertz CT molecular complexity index is 562.